The third-order valence-electron chi connectivity index (χ3n) is 3.06. The molecule has 0 unspecified atom stereocenters. The van der Waals surface area contributed by atoms with Crippen molar-refractivity contribution in [3.05, 3.63) is 17.7 Å². The van der Waals surface area contributed by atoms with Gasteiger partial charge in [-0.2, -0.15) is 0 Å². The molecule has 4 heteroatoms. The van der Waals surface area contributed by atoms with Crippen LogP contribution in [0.3, 0.4) is 0 Å². The molecule has 1 aliphatic heterocycles. The Labute approximate surface area is 103 Å². The number of nitrogens with zero attached hydrogens (tertiary/aromatic N) is 1. The highest BCUT2D eigenvalue weighted by molar-refractivity contribution is 5.69. The first-order valence-corrected chi connectivity index (χ1v) is 5.94. The minimum Gasteiger partial charge on any atom is -0.494 e. The number of hydrogen-bond acceptors (Lipinski definition) is 4. The van der Waals surface area contributed by atoms with Crippen LogP contribution < -0.4 is 19.7 Å². The van der Waals surface area contributed by atoms with Gasteiger partial charge in [0.05, 0.1) is 14.2 Å². The summed E-state index contributed by atoms with van der Waals surface area (Å²) in [6.07, 6.45) is 0. The lowest BCUT2D eigenvalue weighted by atomic mass is 10.1. The van der Waals surface area contributed by atoms with Crippen LogP contribution in [0.1, 0.15) is 5.56 Å². The van der Waals surface area contributed by atoms with E-state index in [1.54, 1.807) is 14.2 Å². The van der Waals surface area contributed by atoms with Crippen molar-refractivity contribution in [1.29, 1.82) is 0 Å². The molecule has 1 saturated heterocycles. The number of ether oxygens (including phenoxy) is 2. The molecule has 1 N–H and O–H groups in total. The van der Waals surface area contributed by atoms with E-state index in [0.29, 0.717) is 0 Å². The molecule has 1 fully saturated rings. The van der Waals surface area contributed by atoms with Gasteiger partial charge < -0.3 is 19.7 Å². The summed E-state index contributed by atoms with van der Waals surface area (Å²) < 4.78 is 11.0. The summed E-state index contributed by atoms with van der Waals surface area (Å²) >= 11 is 0. The SMILES string of the molecule is COc1cc(C)cc(OC)c1N1CCNCC1. The summed E-state index contributed by atoms with van der Waals surface area (Å²) in [6, 6.07) is 4.11. The van der Waals surface area contributed by atoms with Crippen LogP contribution in [-0.2, 0) is 0 Å². The van der Waals surface area contributed by atoms with E-state index < -0.39 is 0 Å². The highest BCUT2D eigenvalue weighted by Crippen LogP contribution is 2.39. The first-order chi connectivity index (χ1) is 8.26. The maximum atomic E-state index is 5.48. The highest BCUT2D eigenvalue weighted by atomic mass is 16.5. The summed E-state index contributed by atoms with van der Waals surface area (Å²) in [5.74, 6) is 1.78. The summed E-state index contributed by atoms with van der Waals surface area (Å²) in [4.78, 5) is 2.31. The predicted octanol–water partition coefficient (Wildman–Crippen LogP) is 1.42. The van der Waals surface area contributed by atoms with E-state index in [2.05, 4.69) is 22.3 Å². The Bertz CT molecular complexity index is 362. The van der Waals surface area contributed by atoms with Crippen LogP contribution in [-0.4, -0.2) is 40.4 Å². The van der Waals surface area contributed by atoms with Crippen LogP contribution in [0.5, 0.6) is 11.5 Å². The largest absolute Gasteiger partial charge is 0.494 e. The number of aryl methyl sites for hydroxylation is 1. The fourth-order valence-corrected chi connectivity index (χ4v) is 2.22. The summed E-state index contributed by atoms with van der Waals surface area (Å²) in [7, 11) is 3.42. The van der Waals surface area contributed by atoms with Gasteiger partial charge in [0.1, 0.15) is 17.2 Å². The maximum absolute atomic E-state index is 5.48. The molecule has 0 bridgehead atoms. The van der Waals surface area contributed by atoms with E-state index in [0.717, 1.165) is 48.9 Å². The molecule has 1 aliphatic rings. The molecule has 1 heterocycles. The molecule has 17 heavy (non-hydrogen) atoms. The Hall–Kier alpha value is -1.42. The number of piperazine rings is 1. The normalized spacial score (nSPS) is 15.8. The van der Waals surface area contributed by atoms with Gasteiger partial charge in [-0.1, -0.05) is 0 Å². The van der Waals surface area contributed by atoms with E-state index in [9.17, 15) is 0 Å². The average molecular weight is 236 g/mol. The van der Waals surface area contributed by atoms with Crippen molar-refractivity contribution < 1.29 is 9.47 Å². The topological polar surface area (TPSA) is 33.7 Å². The highest BCUT2D eigenvalue weighted by Gasteiger charge is 2.19. The number of benzene rings is 1. The van der Waals surface area contributed by atoms with E-state index >= 15 is 0 Å². The van der Waals surface area contributed by atoms with Gasteiger partial charge in [0, 0.05) is 26.2 Å². The Kier molecular flexibility index (Phi) is 3.74. The van der Waals surface area contributed by atoms with Crippen LogP contribution in [0.2, 0.25) is 0 Å². The average Bonchev–Trinajstić information content (AvgIpc) is 2.38. The number of hydrogen-bond donors (Lipinski definition) is 1. The minimum absolute atomic E-state index is 0.892. The van der Waals surface area contributed by atoms with E-state index in [1.165, 1.54) is 0 Å². The molecule has 1 aromatic carbocycles. The van der Waals surface area contributed by atoms with Crippen LogP contribution >= 0.6 is 0 Å². The fourth-order valence-electron chi connectivity index (χ4n) is 2.22. The molecule has 2 rings (SSSR count). The maximum Gasteiger partial charge on any atom is 0.146 e. The Balaban J connectivity index is 2.41. The number of nitrogens with one attached hydrogen (secondary N) is 1. The molecule has 0 aromatic heterocycles. The summed E-state index contributed by atoms with van der Waals surface area (Å²) in [6.45, 7) is 6.01. The number of anilines is 1. The molecule has 0 saturated carbocycles. The molecule has 4 nitrogen and oxygen atoms in total. The lowest BCUT2D eigenvalue weighted by molar-refractivity contribution is 0.391. The Morgan fingerprint density at radius 1 is 1.06 bits per heavy atom. The van der Waals surface area contributed by atoms with Crippen molar-refractivity contribution in [3.8, 4) is 11.5 Å². The lowest BCUT2D eigenvalue weighted by Gasteiger charge is -2.31. The summed E-state index contributed by atoms with van der Waals surface area (Å²) in [5, 5.41) is 3.35. The quantitative estimate of drug-likeness (QED) is 0.860. The van der Waals surface area contributed by atoms with Gasteiger partial charge in [-0.05, 0) is 24.6 Å². The van der Waals surface area contributed by atoms with Gasteiger partial charge in [0.2, 0.25) is 0 Å². The zero-order chi connectivity index (χ0) is 12.3. The Morgan fingerprint density at radius 2 is 1.59 bits per heavy atom. The molecule has 0 atom stereocenters. The second kappa shape index (κ2) is 5.27. The third kappa shape index (κ3) is 2.47. The second-order valence-corrected chi connectivity index (χ2v) is 4.26. The number of methoxy groups -OCH3 is 2. The molecule has 0 amide bonds. The number of rotatable bonds is 3. The van der Waals surface area contributed by atoms with Gasteiger partial charge in [-0.25, -0.2) is 0 Å². The molecule has 0 radical (unpaired) electrons. The van der Waals surface area contributed by atoms with Gasteiger partial charge >= 0.3 is 0 Å². The standard InChI is InChI=1S/C13H20N2O2/c1-10-8-11(16-2)13(12(9-10)17-3)15-6-4-14-5-7-15/h8-9,14H,4-7H2,1-3H3. The summed E-state index contributed by atoms with van der Waals surface area (Å²) in [5.41, 5.74) is 2.22. The van der Waals surface area contributed by atoms with Crippen LogP contribution in [0.25, 0.3) is 0 Å². The smallest absolute Gasteiger partial charge is 0.146 e. The van der Waals surface area contributed by atoms with Crippen LogP contribution in [0.15, 0.2) is 12.1 Å². The van der Waals surface area contributed by atoms with Crippen LogP contribution in [0, 0.1) is 6.92 Å². The molecule has 0 aliphatic carbocycles. The van der Waals surface area contributed by atoms with Crippen molar-refractivity contribution in [2.75, 3.05) is 45.3 Å². The Morgan fingerprint density at radius 3 is 2.06 bits per heavy atom. The van der Waals surface area contributed by atoms with E-state index in [-0.39, 0.29) is 0 Å². The molecular weight excluding hydrogens is 216 g/mol. The third-order valence-corrected chi connectivity index (χ3v) is 3.06. The van der Waals surface area contributed by atoms with Crippen LogP contribution in [0.4, 0.5) is 5.69 Å². The van der Waals surface area contributed by atoms with Crippen molar-refractivity contribution in [1.82, 2.24) is 5.32 Å². The monoisotopic (exact) mass is 236 g/mol. The fraction of sp³-hybridized carbons (Fsp3) is 0.538. The first kappa shape index (κ1) is 12.0. The van der Waals surface area contributed by atoms with Gasteiger partial charge in [0.25, 0.3) is 0 Å². The second-order valence-electron chi connectivity index (χ2n) is 4.26. The zero-order valence-corrected chi connectivity index (χ0v) is 10.7. The van der Waals surface area contributed by atoms with E-state index in [1.807, 2.05) is 6.92 Å². The van der Waals surface area contributed by atoms with E-state index in [4.69, 9.17) is 9.47 Å². The lowest BCUT2D eigenvalue weighted by Crippen LogP contribution is -2.43. The predicted molar refractivity (Wildman–Crippen MR) is 69.4 cm³/mol. The zero-order valence-electron chi connectivity index (χ0n) is 10.7. The minimum atomic E-state index is 0.892. The first-order valence-electron chi connectivity index (χ1n) is 5.94. The van der Waals surface area contributed by atoms with Crippen molar-refractivity contribution >= 4 is 5.69 Å². The molecule has 94 valence electrons. The molecular formula is C13H20N2O2. The van der Waals surface area contributed by atoms with Gasteiger partial charge in [-0.15, -0.1) is 0 Å². The van der Waals surface area contributed by atoms with Crippen molar-refractivity contribution in [3.63, 3.8) is 0 Å². The molecule has 1 aromatic rings. The van der Waals surface area contributed by atoms with Crippen molar-refractivity contribution in [2.45, 2.75) is 6.92 Å². The van der Waals surface area contributed by atoms with Crippen molar-refractivity contribution in [2.24, 2.45) is 0 Å². The van der Waals surface area contributed by atoms with Gasteiger partial charge in [-0.3, -0.25) is 0 Å². The van der Waals surface area contributed by atoms with Gasteiger partial charge in [0.15, 0.2) is 0 Å². The molecule has 0 spiro atoms.